The highest BCUT2D eigenvalue weighted by Gasteiger charge is 2.30. The lowest BCUT2D eigenvalue weighted by atomic mass is 10.2. The highest BCUT2D eigenvalue weighted by Crippen LogP contribution is 2.30. The molecular formula is C20H16F3N3O3. The lowest BCUT2D eigenvalue weighted by Crippen LogP contribution is -2.22. The molecule has 0 aliphatic carbocycles. The summed E-state index contributed by atoms with van der Waals surface area (Å²) in [6, 6.07) is 14.1. The Kier molecular flexibility index (Phi) is 5.87. The predicted molar refractivity (Wildman–Crippen MR) is 102 cm³/mol. The molecule has 0 bridgehead atoms. The molecule has 2 aromatic carbocycles. The van der Waals surface area contributed by atoms with Crippen molar-refractivity contribution in [3.8, 4) is 0 Å². The third-order valence-electron chi connectivity index (χ3n) is 3.81. The van der Waals surface area contributed by atoms with E-state index < -0.39 is 23.6 Å². The molecule has 0 saturated carbocycles. The van der Waals surface area contributed by atoms with Gasteiger partial charge in [-0.2, -0.15) is 13.2 Å². The van der Waals surface area contributed by atoms with Crippen LogP contribution >= 0.6 is 0 Å². The number of anilines is 3. The van der Waals surface area contributed by atoms with E-state index >= 15 is 0 Å². The summed E-state index contributed by atoms with van der Waals surface area (Å²) in [5, 5.41) is 7.90. The molecule has 1 aromatic heterocycles. The number of amides is 2. The lowest BCUT2D eigenvalue weighted by molar-refractivity contribution is -0.137. The quantitative estimate of drug-likeness (QED) is 0.562. The van der Waals surface area contributed by atoms with Gasteiger partial charge in [0.15, 0.2) is 5.76 Å². The maximum atomic E-state index is 12.7. The zero-order chi connectivity index (χ0) is 20.9. The van der Waals surface area contributed by atoms with Crippen molar-refractivity contribution in [2.45, 2.75) is 6.18 Å². The zero-order valence-corrected chi connectivity index (χ0v) is 14.9. The van der Waals surface area contributed by atoms with Gasteiger partial charge in [-0.15, -0.1) is 0 Å². The second-order valence-electron chi connectivity index (χ2n) is 5.99. The van der Waals surface area contributed by atoms with Crippen LogP contribution < -0.4 is 16.0 Å². The number of carbonyl (C=O) groups excluding carboxylic acids is 2. The normalized spacial score (nSPS) is 11.0. The molecule has 0 radical (unpaired) electrons. The van der Waals surface area contributed by atoms with Crippen molar-refractivity contribution < 1.29 is 27.2 Å². The molecule has 0 aliphatic rings. The Morgan fingerprint density at radius 2 is 1.55 bits per heavy atom. The average Bonchev–Trinajstić information content (AvgIpc) is 3.22. The number of carbonyl (C=O) groups is 2. The molecule has 0 spiro atoms. The van der Waals surface area contributed by atoms with Gasteiger partial charge in [-0.3, -0.25) is 9.59 Å². The van der Waals surface area contributed by atoms with Crippen LogP contribution in [-0.2, 0) is 11.0 Å². The fourth-order valence-corrected chi connectivity index (χ4v) is 2.43. The Labute approximate surface area is 163 Å². The molecule has 150 valence electrons. The van der Waals surface area contributed by atoms with Crippen LogP contribution in [0.3, 0.4) is 0 Å². The SMILES string of the molecule is O=C(CNc1cccc(C(F)(F)F)c1)Nc1ccc(NC(=O)c2ccco2)cc1. The van der Waals surface area contributed by atoms with Crippen LogP contribution in [0.15, 0.2) is 71.3 Å². The zero-order valence-electron chi connectivity index (χ0n) is 14.9. The molecule has 2 amide bonds. The molecule has 3 rings (SSSR count). The third kappa shape index (κ3) is 5.61. The summed E-state index contributed by atoms with van der Waals surface area (Å²) in [5.74, 6) is -0.671. The number of benzene rings is 2. The van der Waals surface area contributed by atoms with Gasteiger partial charge in [0.1, 0.15) is 0 Å². The van der Waals surface area contributed by atoms with Crippen LogP contribution in [0, 0.1) is 0 Å². The van der Waals surface area contributed by atoms with E-state index in [2.05, 4.69) is 16.0 Å². The largest absolute Gasteiger partial charge is 0.459 e. The van der Waals surface area contributed by atoms with Crippen LogP contribution in [-0.4, -0.2) is 18.4 Å². The van der Waals surface area contributed by atoms with Crippen LogP contribution in [0.4, 0.5) is 30.2 Å². The van der Waals surface area contributed by atoms with Crippen LogP contribution in [0.1, 0.15) is 16.1 Å². The fraction of sp³-hybridized carbons (Fsp3) is 0.100. The van der Waals surface area contributed by atoms with Gasteiger partial charge in [0.2, 0.25) is 5.91 Å². The van der Waals surface area contributed by atoms with Gasteiger partial charge in [-0.25, -0.2) is 0 Å². The highest BCUT2D eigenvalue weighted by molar-refractivity contribution is 6.02. The smallest absolute Gasteiger partial charge is 0.416 e. The Morgan fingerprint density at radius 1 is 0.862 bits per heavy atom. The van der Waals surface area contributed by atoms with Crippen molar-refractivity contribution in [3.63, 3.8) is 0 Å². The van der Waals surface area contributed by atoms with Crippen molar-refractivity contribution in [1.82, 2.24) is 0 Å². The minimum absolute atomic E-state index is 0.169. The topological polar surface area (TPSA) is 83.4 Å². The maximum absolute atomic E-state index is 12.7. The van der Waals surface area contributed by atoms with E-state index in [0.717, 1.165) is 12.1 Å². The van der Waals surface area contributed by atoms with E-state index in [-0.39, 0.29) is 18.0 Å². The van der Waals surface area contributed by atoms with E-state index in [1.165, 1.54) is 24.5 Å². The number of alkyl halides is 3. The van der Waals surface area contributed by atoms with Crippen molar-refractivity contribution in [1.29, 1.82) is 0 Å². The van der Waals surface area contributed by atoms with E-state index in [0.29, 0.717) is 11.4 Å². The Morgan fingerprint density at radius 3 is 2.17 bits per heavy atom. The Balaban J connectivity index is 1.51. The minimum Gasteiger partial charge on any atom is -0.459 e. The number of hydrogen-bond donors (Lipinski definition) is 3. The summed E-state index contributed by atoms with van der Waals surface area (Å²) in [6.07, 6.45) is -3.06. The average molecular weight is 403 g/mol. The molecule has 3 aromatic rings. The van der Waals surface area contributed by atoms with E-state index in [1.54, 1.807) is 30.3 Å². The second kappa shape index (κ2) is 8.51. The molecule has 1 heterocycles. The molecule has 6 nitrogen and oxygen atoms in total. The van der Waals surface area contributed by atoms with Crippen molar-refractivity contribution >= 4 is 28.9 Å². The minimum atomic E-state index is -4.45. The number of halogens is 3. The molecule has 0 fully saturated rings. The third-order valence-corrected chi connectivity index (χ3v) is 3.81. The molecule has 0 atom stereocenters. The monoisotopic (exact) mass is 403 g/mol. The van der Waals surface area contributed by atoms with Gasteiger partial charge in [-0.1, -0.05) is 6.07 Å². The van der Waals surface area contributed by atoms with Crippen LogP contribution in [0.25, 0.3) is 0 Å². The highest BCUT2D eigenvalue weighted by atomic mass is 19.4. The van der Waals surface area contributed by atoms with Crippen molar-refractivity contribution in [2.75, 3.05) is 22.5 Å². The number of rotatable bonds is 6. The first-order chi connectivity index (χ1) is 13.8. The van der Waals surface area contributed by atoms with E-state index in [9.17, 15) is 22.8 Å². The number of furan rings is 1. The van der Waals surface area contributed by atoms with E-state index in [4.69, 9.17) is 4.42 Å². The van der Waals surface area contributed by atoms with Crippen molar-refractivity contribution in [3.05, 3.63) is 78.3 Å². The summed E-state index contributed by atoms with van der Waals surface area (Å²) in [4.78, 5) is 23.9. The molecular weight excluding hydrogens is 387 g/mol. The van der Waals surface area contributed by atoms with Gasteiger partial charge in [0.25, 0.3) is 5.91 Å². The molecule has 9 heteroatoms. The van der Waals surface area contributed by atoms with Gasteiger partial charge in [0.05, 0.1) is 18.4 Å². The molecule has 0 saturated heterocycles. The molecule has 0 unspecified atom stereocenters. The molecule has 3 N–H and O–H groups in total. The summed E-state index contributed by atoms with van der Waals surface area (Å²) in [7, 11) is 0. The maximum Gasteiger partial charge on any atom is 0.416 e. The second-order valence-corrected chi connectivity index (χ2v) is 5.99. The first-order valence-electron chi connectivity index (χ1n) is 8.47. The number of nitrogens with one attached hydrogen (secondary N) is 3. The van der Waals surface area contributed by atoms with Crippen LogP contribution in [0.2, 0.25) is 0 Å². The first-order valence-corrected chi connectivity index (χ1v) is 8.47. The summed E-state index contributed by atoms with van der Waals surface area (Å²) < 4.78 is 43.1. The predicted octanol–water partition coefficient (Wildman–Crippen LogP) is 4.60. The van der Waals surface area contributed by atoms with Gasteiger partial charge in [-0.05, 0) is 54.6 Å². The Hall–Kier alpha value is -3.75. The first kappa shape index (κ1) is 20.0. The van der Waals surface area contributed by atoms with Gasteiger partial charge < -0.3 is 20.4 Å². The summed E-state index contributed by atoms with van der Waals surface area (Å²) in [5.41, 5.74) is 0.365. The fourth-order valence-electron chi connectivity index (χ4n) is 2.43. The lowest BCUT2D eigenvalue weighted by Gasteiger charge is -2.11. The summed E-state index contributed by atoms with van der Waals surface area (Å²) >= 11 is 0. The van der Waals surface area contributed by atoms with E-state index in [1.807, 2.05) is 0 Å². The van der Waals surface area contributed by atoms with Crippen LogP contribution in [0.5, 0.6) is 0 Å². The van der Waals surface area contributed by atoms with Gasteiger partial charge in [0, 0.05) is 17.1 Å². The van der Waals surface area contributed by atoms with Crippen molar-refractivity contribution in [2.24, 2.45) is 0 Å². The molecule has 29 heavy (non-hydrogen) atoms. The molecule has 0 aliphatic heterocycles. The summed E-state index contributed by atoms with van der Waals surface area (Å²) in [6.45, 7) is -0.210. The standard InChI is InChI=1S/C20H16F3N3O3/c21-20(22,23)13-3-1-4-16(11-13)24-12-18(27)25-14-6-8-15(9-7-14)26-19(28)17-5-2-10-29-17/h1-11,24H,12H2,(H,25,27)(H,26,28). The number of hydrogen-bond acceptors (Lipinski definition) is 4. The van der Waals surface area contributed by atoms with Gasteiger partial charge >= 0.3 is 6.18 Å². The Bertz CT molecular complexity index is 984.